The molecule has 0 unspecified atom stereocenters. The Kier molecular flexibility index (Phi) is 4.22. The Balaban J connectivity index is 1.42. The van der Waals surface area contributed by atoms with Crippen molar-refractivity contribution >= 4 is 44.4 Å². The molecule has 5 rings (SSSR count). The number of thiophene rings is 2. The number of amides is 1. The summed E-state index contributed by atoms with van der Waals surface area (Å²) in [5.74, 6) is 0.399. The van der Waals surface area contributed by atoms with Gasteiger partial charge >= 0.3 is 0 Å². The molecule has 0 saturated carbocycles. The van der Waals surface area contributed by atoms with Crippen LogP contribution in [-0.4, -0.2) is 37.0 Å². The molecule has 4 nitrogen and oxygen atoms in total. The molecule has 136 valence electrons. The zero-order valence-electron chi connectivity index (χ0n) is 14.6. The Morgan fingerprint density at radius 2 is 1.85 bits per heavy atom. The standard InChI is InChI=1S/C21H18N2O2S2/c24-21(17-5-2-12-25-17)23-10-8-22(9-11-23)16-4-1-6-19-20(16)15(14-27-19)18-7-3-13-26-18/h1-7,12-14H,8-11H2. The Morgan fingerprint density at radius 1 is 0.963 bits per heavy atom. The lowest BCUT2D eigenvalue weighted by molar-refractivity contribution is 0.0715. The maximum atomic E-state index is 12.5. The van der Waals surface area contributed by atoms with E-state index in [0.29, 0.717) is 18.8 Å². The summed E-state index contributed by atoms with van der Waals surface area (Å²) in [4.78, 5) is 18.1. The normalized spacial score (nSPS) is 14.8. The van der Waals surface area contributed by atoms with Crippen LogP contribution >= 0.6 is 22.7 Å². The number of carbonyl (C=O) groups excluding carboxylic acids is 1. The van der Waals surface area contributed by atoms with Crippen molar-refractivity contribution < 1.29 is 9.21 Å². The van der Waals surface area contributed by atoms with E-state index in [1.807, 2.05) is 4.90 Å². The molecule has 1 aromatic carbocycles. The maximum Gasteiger partial charge on any atom is 0.289 e. The zero-order chi connectivity index (χ0) is 18.2. The van der Waals surface area contributed by atoms with Gasteiger partial charge in [-0.05, 0) is 35.7 Å². The number of piperazine rings is 1. The minimum absolute atomic E-state index is 0.0207. The second-order valence-corrected chi connectivity index (χ2v) is 8.39. The fraction of sp³-hybridized carbons (Fsp3) is 0.190. The van der Waals surface area contributed by atoms with Crippen LogP contribution in [0.2, 0.25) is 0 Å². The first-order chi connectivity index (χ1) is 13.3. The molecule has 0 atom stereocenters. The van der Waals surface area contributed by atoms with Crippen molar-refractivity contribution in [1.82, 2.24) is 4.90 Å². The Morgan fingerprint density at radius 3 is 2.59 bits per heavy atom. The highest BCUT2D eigenvalue weighted by atomic mass is 32.1. The molecule has 0 radical (unpaired) electrons. The second kappa shape index (κ2) is 6.87. The van der Waals surface area contributed by atoms with E-state index in [1.165, 1.54) is 26.2 Å². The largest absolute Gasteiger partial charge is 0.459 e. The van der Waals surface area contributed by atoms with Crippen molar-refractivity contribution in [1.29, 1.82) is 0 Å². The molecule has 1 amide bonds. The molecule has 1 aliphatic rings. The predicted octanol–water partition coefficient (Wildman–Crippen LogP) is 5.19. The number of carbonyl (C=O) groups is 1. The number of hydrogen-bond donors (Lipinski definition) is 0. The Labute approximate surface area is 165 Å². The highest BCUT2D eigenvalue weighted by molar-refractivity contribution is 7.19. The van der Waals surface area contributed by atoms with E-state index in [1.54, 1.807) is 41.1 Å². The molecule has 1 aliphatic heterocycles. The van der Waals surface area contributed by atoms with E-state index < -0.39 is 0 Å². The van der Waals surface area contributed by atoms with Gasteiger partial charge in [-0.3, -0.25) is 4.79 Å². The van der Waals surface area contributed by atoms with Crippen molar-refractivity contribution in [2.45, 2.75) is 0 Å². The second-order valence-electron chi connectivity index (χ2n) is 6.53. The summed E-state index contributed by atoms with van der Waals surface area (Å²) in [5, 5.41) is 5.72. The smallest absolute Gasteiger partial charge is 0.289 e. The van der Waals surface area contributed by atoms with E-state index >= 15 is 0 Å². The summed E-state index contributed by atoms with van der Waals surface area (Å²) in [5.41, 5.74) is 2.58. The molecule has 4 heterocycles. The van der Waals surface area contributed by atoms with Crippen LogP contribution in [0, 0.1) is 0 Å². The molecule has 1 fully saturated rings. The van der Waals surface area contributed by atoms with Gasteiger partial charge in [0.25, 0.3) is 5.91 Å². The molecule has 0 N–H and O–H groups in total. The van der Waals surface area contributed by atoms with Gasteiger partial charge in [-0.15, -0.1) is 22.7 Å². The van der Waals surface area contributed by atoms with Crippen molar-refractivity contribution in [3.8, 4) is 10.4 Å². The molecule has 3 aromatic heterocycles. The average Bonchev–Trinajstić information content (AvgIpc) is 3.48. The van der Waals surface area contributed by atoms with Crippen molar-refractivity contribution in [2.24, 2.45) is 0 Å². The number of hydrogen-bond acceptors (Lipinski definition) is 5. The molecular formula is C21H18N2O2S2. The molecule has 4 aromatic rings. The van der Waals surface area contributed by atoms with Gasteiger partial charge < -0.3 is 14.2 Å². The van der Waals surface area contributed by atoms with Crippen LogP contribution < -0.4 is 4.90 Å². The number of nitrogens with zero attached hydrogens (tertiary/aromatic N) is 2. The summed E-state index contributed by atoms with van der Waals surface area (Å²) in [7, 11) is 0. The summed E-state index contributed by atoms with van der Waals surface area (Å²) in [6.07, 6.45) is 1.55. The minimum Gasteiger partial charge on any atom is -0.459 e. The van der Waals surface area contributed by atoms with Crippen LogP contribution in [-0.2, 0) is 0 Å². The van der Waals surface area contributed by atoms with Crippen LogP contribution in [0.5, 0.6) is 0 Å². The zero-order valence-corrected chi connectivity index (χ0v) is 16.3. The fourth-order valence-corrected chi connectivity index (χ4v) is 5.46. The van der Waals surface area contributed by atoms with E-state index in [2.05, 4.69) is 46.0 Å². The van der Waals surface area contributed by atoms with Gasteiger partial charge in [0.15, 0.2) is 5.76 Å². The summed E-state index contributed by atoms with van der Waals surface area (Å²) in [6.45, 7) is 3.05. The van der Waals surface area contributed by atoms with Gasteiger partial charge in [-0.2, -0.15) is 0 Å². The number of anilines is 1. The van der Waals surface area contributed by atoms with Crippen LogP contribution in [0.4, 0.5) is 5.69 Å². The average molecular weight is 395 g/mol. The Hall–Kier alpha value is -2.57. The molecule has 0 bridgehead atoms. The molecule has 6 heteroatoms. The number of fused-ring (bicyclic) bond motifs is 1. The molecule has 0 aliphatic carbocycles. The van der Waals surface area contributed by atoms with E-state index in [9.17, 15) is 4.79 Å². The topological polar surface area (TPSA) is 36.7 Å². The summed E-state index contributed by atoms with van der Waals surface area (Å²) >= 11 is 3.58. The highest BCUT2D eigenvalue weighted by Gasteiger charge is 2.25. The quantitative estimate of drug-likeness (QED) is 0.480. The predicted molar refractivity (Wildman–Crippen MR) is 112 cm³/mol. The number of benzene rings is 1. The summed E-state index contributed by atoms with van der Waals surface area (Å²) in [6, 6.07) is 14.3. The molecule has 27 heavy (non-hydrogen) atoms. The third-order valence-corrected chi connectivity index (χ3v) is 6.85. The number of rotatable bonds is 3. The summed E-state index contributed by atoms with van der Waals surface area (Å²) < 4.78 is 6.57. The lowest BCUT2D eigenvalue weighted by Crippen LogP contribution is -2.48. The van der Waals surface area contributed by atoms with Gasteiger partial charge in [0.2, 0.25) is 0 Å². The third-order valence-electron chi connectivity index (χ3n) is 5.00. The molecule has 0 spiro atoms. The first kappa shape index (κ1) is 16.6. The van der Waals surface area contributed by atoms with Crippen molar-refractivity contribution in [2.75, 3.05) is 31.1 Å². The van der Waals surface area contributed by atoms with E-state index in [4.69, 9.17) is 4.42 Å². The van der Waals surface area contributed by atoms with Crippen LogP contribution in [0.1, 0.15) is 10.6 Å². The van der Waals surface area contributed by atoms with Crippen LogP contribution in [0.15, 0.2) is 63.9 Å². The lowest BCUT2D eigenvalue weighted by atomic mass is 10.1. The maximum absolute atomic E-state index is 12.5. The van der Waals surface area contributed by atoms with Crippen LogP contribution in [0.3, 0.4) is 0 Å². The van der Waals surface area contributed by atoms with Gasteiger partial charge in [0, 0.05) is 57.8 Å². The van der Waals surface area contributed by atoms with Gasteiger partial charge in [-0.25, -0.2) is 0 Å². The first-order valence-corrected chi connectivity index (χ1v) is 10.7. The van der Waals surface area contributed by atoms with E-state index in [-0.39, 0.29) is 5.91 Å². The number of furan rings is 1. The van der Waals surface area contributed by atoms with E-state index in [0.717, 1.165) is 13.1 Å². The van der Waals surface area contributed by atoms with Crippen LogP contribution in [0.25, 0.3) is 20.5 Å². The Bertz CT molecular complexity index is 1060. The van der Waals surface area contributed by atoms with Gasteiger partial charge in [0.1, 0.15) is 0 Å². The van der Waals surface area contributed by atoms with Gasteiger partial charge in [0.05, 0.1) is 6.26 Å². The van der Waals surface area contributed by atoms with Gasteiger partial charge in [-0.1, -0.05) is 12.1 Å². The lowest BCUT2D eigenvalue weighted by Gasteiger charge is -2.36. The first-order valence-electron chi connectivity index (χ1n) is 8.93. The van der Waals surface area contributed by atoms with Crippen molar-refractivity contribution in [3.63, 3.8) is 0 Å². The monoisotopic (exact) mass is 394 g/mol. The van der Waals surface area contributed by atoms with Crippen molar-refractivity contribution in [3.05, 3.63) is 65.2 Å². The SMILES string of the molecule is O=C(c1ccco1)N1CCN(c2cccc3scc(-c4cccs4)c23)CC1. The third kappa shape index (κ3) is 2.95. The highest BCUT2D eigenvalue weighted by Crippen LogP contribution is 2.41. The fourth-order valence-electron chi connectivity index (χ4n) is 3.65. The molecular weight excluding hydrogens is 376 g/mol. The minimum atomic E-state index is -0.0207. The molecule has 1 saturated heterocycles.